The fraction of sp³-hybridized carbons (Fsp3) is 0.333. The van der Waals surface area contributed by atoms with Crippen LogP contribution in [0.25, 0.3) is 0 Å². The second-order valence-electron chi connectivity index (χ2n) is 6.86. The summed E-state index contributed by atoms with van der Waals surface area (Å²) in [6.45, 7) is 2.50. The van der Waals surface area contributed by atoms with Crippen molar-refractivity contribution in [3.63, 3.8) is 0 Å². The van der Waals surface area contributed by atoms with Gasteiger partial charge in [0.2, 0.25) is 5.91 Å². The normalized spacial score (nSPS) is 15.0. The third kappa shape index (κ3) is 5.09. The van der Waals surface area contributed by atoms with Crippen molar-refractivity contribution in [3.8, 4) is 0 Å². The molecule has 0 atom stereocenters. The number of aliphatic imine (C=N–C) groups is 1. The zero-order valence-corrected chi connectivity index (χ0v) is 15.2. The van der Waals surface area contributed by atoms with Gasteiger partial charge in [-0.3, -0.25) is 4.79 Å². The summed E-state index contributed by atoms with van der Waals surface area (Å²) in [4.78, 5) is 16.6. The van der Waals surface area contributed by atoms with Crippen molar-refractivity contribution in [1.82, 2.24) is 0 Å². The average Bonchev–Trinajstić information content (AvgIpc) is 3.17. The Morgan fingerprint density at radius 1 is 1.08 bits per heavy atom. The molecule has 2 aromatic rings. The third-order valence-corrected chi connectivity index (χ3v) is 4.68. The van der Waals surface area contributed by atoms with Crippen molar-refractivity contribution in [3.05, 3.63) is 59.7 Å². The molecule has 0 radical (unpaired) electrons. The van der Waals surface area contributed by atoms with Crippen molar-refractivity contribution in [1.29, 1.82) is 0 Å². The Bertz CT molecular complexity index is 777. The molecule has 2 aromatic carbocycles. The molecule has 1 fully saturated rings. The van der Waals surface area contributed by atoms with Gasteiger partial charge in [-0.05, 0) is 49.6 Å². The maximum Gasteiger partial charge on any atom is 0.227 e. The number of anilines is 2. The highest BCUT2D eigenvalue weighted by Crippen LogP contribution is 2.26. The Kier molecular flexibility index (Phi) is 5.89. The number of guanidine groups is 1. The molecule has 4 N–H and O–H groups in total. The fourth-order valence-corrected chi connectivity index (χ4v) is 3.18. The topological polar surface area (TPSA) is 79.5 Å². The van der Waals surface area contributed by atoms with Gasteiger partial charge in [-0.25, -0.2) is 4.99 Å². The van der Waals surface area contributed by atoms with E-state index in [1.54, 1.807) is 0 Å². The van der Waals surface area contributed by atoms with Crippen LogP contribution >= 0.6 is 0 Å². The van der Waals surface area contributed by atoms with E-state index in [4.69, 9.17) is 5.73 Å². The second kappa shape index (κ2) is 8.52. The van der Waals surface area contributed by atoms with Gasteiger partial charge in [0.05, 0.1) is 6.54 Å². The number of nitrogens with zero attached hydrogens (tertiary/aromatic N) is 1. The Morgan fingerprint density at radius 3 is 2.54 bits per heavy atom. The molecular formula is C21H26N4O. The van der Waals surface area contributed by atoms with E-state index in [-0.39, 0.29) is 11.8 Å². The van der Waals surface area contributed by atoms with Crippen molar-refractivity contribution >= 4 is 23.2 Å². The first-order chi connectivity index (χ1) is 12.6. The molecule has 3 rings (SSSR count). The molecule has 0 bridgehead atoms. The first-order valence-electron chi connectivity index (χ1n) is 9.13. The van der Waals surface area contributed by atoms with Crippen molar-refractivity contribution in [2.24, 2.45) is 16.6 Å². The second-order valence-corrected chi connectivity index (χ2v) is 6.86. The predicted octanol–water partition coefficient (Wildman–Crippen LogP) is 4.05. The fourth-order valence-electron chi connectivity index (χ4n) is 3.18. The smallest absolute Gasteiger partial charge is 0.227 e. The van der Waals surface area contributed by atoms with Gasteiger partial charge in [0, 0.05) is 17.3 Å². The molecule has 0 saturated heterocycles. The van der Waals surface area contributed by atoms with Gasteiger partial charge < -0.3 is 16.4 Å². The molecule has 26 heavy (non-hydrogen) atoms. The number of amides is 1. The van der Waals surface area contributed by atoms with Gasteiger partial charge in [0.1, 0.15) is 0 Å². The van der Waals surface area contributed by atoms with Gasteiger partial charge >= 0.3 is 0 Å². The summed E-state index contributed by atoms with van der Waals surface area (Å²) in [5, 5.41) is 6.10. The minimum absolute atomic E-state index is 0.128. The van der Waals surface area contributed by atoms with E-state index in [0.29, 0.717) is 12.5 Å². The van der Waals surface area contributed by atoms with E-state index >= 15 is 0 Å². The molecule has 5 nitrogen and oxygen atoms in total. The highest BCUT2D eigenvalue weighted by atomic mass is 16.1. The number of aryl methyl sites for hydroxylation is 1. The molecule has 0 unspecified atom stereocenters. The number of nitrogens with two attached hydrogens (primary N) is 1. The number of carbonyl (C=O) groups is 1. The van der Waals surface area contributed by atoms with E-state index in [9.17, 15) is 4.79 Å². The van der Waals surface area contributed by atoms with Gasteiger partial charge in [0.15, 0.2) is 5.96 Å². The van der Waals surface area contributed by atoms with Crippen LogP contribution in [0.5, 0.6) is 0 Å². The zero-order valence-electron chi connectivity index (χ0n) is 15.2. The lowest BCUT2D eigenvalue weighted by Gasteiger charge is -2.11. The van der Waals surface area contributed by atoms with E-state index in [1.165, 1.54) is 5.56 Å². The first-order valence-corrected chi connectivity index (χ1v) is 9.13. The summed E-state index contributed by atoms with van der Waals surface area (Å²) in [6.07, 6.45) is 4.30. The molecular weight excluding hydrogens is 324 g/mol. The Morgan fingerprint density at radius 2 is 1.81 bits per heavy atom. The van der Waals surface area contributed by atoms with Crippen molar-refractivity contribution in [2.45, 2.75) is 39.2 Å². The summed E-state index contributed by atoms with van der Waals surface area (Å²) in [5.41, 5.74) is 9.89. The first kappa shape index (κ1) is 18.0. The standard InChI is InChI=1S/C21H26N4O/c1-15-9-11-18(12-10-15)25-21(22)23-14-16-5-4-8-19(13-16)24-20(26)17-6-2-3-7-17/h4-5,8-13,17H,2-3,6-7,14H2,1H3,(H,24,26)(H3,22,23,25). The molecule has 0 aromatic heterocycles. The van der Waals surface area contributed by atoms with Crippen LogP contribution in [0.3, 0.4) is 0 Å². The average molecular weight is 350 g/mol. The van der Waals surface area contributed by atoms with Crippen molar-refractivity contribution < 1.29 is 4.79 Å². The van der Waals surface area contributed by atoms with Crippen LogP contribution in [0.4, 0.5) is 11.4 Å². The highest BCUT2D eigenvalue weighted by molar-refractivity contribution is 5.93. The predicted molar refractivity (Wildman–Crippen MR) is 107 cm³/mol. The number of nitrogens with one attached hydrogen (secondary N) is 2. The molecule has 0 heterocycles. The van der Waals surface area contributed by atoms with Gasteiger partial charge in [-0.1, -0.05) is 42.7 Å². The minimum Gasteiger partial charge on any atom is -0.370 e. The minimum atomic E-state index is 0.128. The molecule has 5 heteroatoms. The lowest BCUT2D eigenvalue weighted by molar-refractivity contribution is -0.119. The molecule has 1 amide bonds. The van der Waals surface area contributed by atoms with E-state index < -0.39 is 0 Å². The molecule has 1 saturated carbocycles. The summed E-state index contributed by atoms with van der Waals surface area (Å²) in [7, 11) is 0. The lowest BCUT2D eigenvalue weighted by atomic mass is 10.1. The molecule has 136 valence electrons. The highest BCUT2D eigenvalue weighted by Gasteiger charge is 2.22. The monoisotopic (exact) mass is 350 g/mol. The van der Waals surface area contributed by atoms with Crippen LogP contribution in [0.15, 0.2) is 53.5 Å². The molecule has 1 aliphatic rings. The largest absolute Gasteiger partial charge is 0.370 e. The summed E-state index contributed by atoms with van der Waals surface area (Å²) in [6, 6.07) is 15.8. The Balaban J connectivity index is 1.57. The van der Waals surface area contributed by atoms with Crippen LogP contribution in [-0.2, 0) is 11.3 Å². The molecule has 0 aliphatic heterocycles. The van der Waals surface area contributed by atoms with E-state index in [1.807, 2.05) is 55.5 Å². The summed E-state index contributed by atoms with van der Waals surface area (Å²) in [5.74, 6) is 0.656. The van der Waals surface area contributed by atoms with E-state index in [0.717, 1.165) is 42.6 Å². The number of carbonyl (C=O) groups excluding carboxylic acids is 1. The van der Waals surface area contributed by atoms with Crippen LogP contribution in [0, 0.1) is 12.8 Å². The van der Waals surface area contributed by atoms with E-state index in [2.05, 4.69) is 15.6 Å². The zero-order chi connectivity index (χ0) is 18.4. The van der Waals surface area contributed by atoms with Crippen LogP contribution < -0.4 is 16.4 Å². The number of benzene rings is 2. The van der Waals surface area contributed by atoms with Gasteiger partial charge in [-0.15, -0.1) is 0 Å². The molecule has 1 aliphatic carbocycles. The maximum atomic E-state index is 12.3. The summed E-state index contributed by atoms with van der Waals surface area (Å²) >= 11 is 0. The van der Waals surface area contributed by atoms with Crippen LogP contribution in [0.1, 0.15) is 36.8 Å². The van der Waals surface area contributed by atoms with Crippen LogP contribution in [-0.4, -0.2) is 11.9 Å². The summed E-state index contributed by atoms with van der Waals surface area (Å²) < 4.78 is 0. The lowest BCUT2D eigenvalue weighted by Crippen LogP contribution is -2.22. The van der Waals surface area contributed by atoms with Gasteiger partial charge in [0.25, 0.3) is 0 Å². The number of rotatable bonds is 5. The third-order valence-electron chi connectivity index (χ3n) is 4.68. The number of hydrogen-bond donors (Lipinski definition) is 3. The Labute approximate surface area is 154 Å². The quantitative estimate of drug-likeness (QED) is 0.562. The SMILES string of the molecule is Cc1ccc(NC(N)=NCc2cccc(NC(=O)C3CCCC3)c2)cc1. The Hall–Kier alpha value is -2.82. The maximum absolute atomic E-state index is 12.3. The van der Waals surface area contributed by atoms with Gasteiger partial charge in [-0.2, -0.15) is 0 Å². The van der Waals surface area contributed by atoms with Crippen LogP contribution in [0.2, 0.25) is 0 Å². The molecule has 0 spiro atoms. The number of hydrogen-bond acceptors (Lipinski definition) is 2. The van der Waals surface area contributed by atoms with Crippen molar-refractivity contribution in [2.75, 3.05) is 10.6 Å².